The molecule has 0 amide bonds. The quantitative estimate of drug-likeness (QED) is 0.665. The molecule has 0 aliphatic rings. The summed E-state index contributed by atoms with van der Waals surface area (Å²) in [6, 6.07) is 6.00. The fraction of sp³-hybridized carbons (Fsp3) is 0.0909. The van der Waals surface area contributed by atoms with Crippen molar-refractivity contribution in [2.24, 2.45) is 0 Å². The summed E-state index contributed by atoms with van der Waals surface area (Å²) in [4.78, 5) is 7.43. The Bertz CT molecular complexity index is 718. The van der Waals surface area contributed by atoms with Gasteiger partial charge in [0.1, 0.15) is 22.2 Å². The monoisotopic (exact) mass is 298 g/mol. The zero-order valence-corrected chi connectivity index (χ0v) is 11.5. The van der Waals surface area contributed by atoms with Gasteiger partial charge in [-0.15, -0.1) is 0 Å². The molecule has 3 N–H and O–H groups in total. The Hall–Kier alpha value is -1.86. The lowest BCUT2D eigenvalue weighted by molar-refractivity contribution is 0.601. The van der Waals surface area contributed by atoms with Gasteiger partial charge in [0, 0.05) is 6.07 Å². The number of anilines is 2. The molecular formula is C11H11ClN4O2S. The summed E-state index contributed by atoms with van der Waals surface area (Å²) in [6.45, 7) is 1.82. The van der Waals surface area contributed by atoms with Crippen molar-refractivity contribution in [3.63, 3.8) is 0 Å². The van der Waals surface area contributed by atoms with Crippen molar-refractivity contribution in [2.45, 2.75) is 11.8 Å². The predicted octanol–water partition coefficient (Wildman–Crippen LogP) is 1.82. The van der Waals surface area contributed by atoms with E-state index in [0.717, 1.165) is 5.56 Å². The summed E-state index contributed by atoms with van der Waals surface area (Å²) in [6.07, 6.45) is 1.17. The first-order valence-electron chi connectivity index (χ1n) is 5.25. The van der Waals surface area contributed by atoms with Crippen molar-refractivity contribution in [1.82, 2.24) is 9.97 Å². The van der Waals surface area contributed by atoms with Crippen LogP contribution in [0.1, 0.15) is 5.56 Å². The Morgan fingerprint density at radius 2 is 2.00 bits per heavy atom. The molecule has 8 heteroatoms. The second-order valence-electron chi connectivity index (χ2n) is 3.87. The molecule has 0 aliphatic carbocycles. The smallest absolute Gasteiger partial charge is 0.265 e. The van der Waals surface area contributed by atoms with E-state index in [-0.39, 0.29) is 21.6 Å². The van der Waals surface area contributed by atoms with Crippen molar-refractivity contribution in [3.05, 3.63) is 41.3 Å². The number of nitrogens with one attached hydrogen (secondary N) is 1. The molecule has 2 aromatic rings. The van der Waals surface area contributed by atoms with Gasteiger partial charge in [-0.05, 0) is 24.6 Å². The number of halogens is 1. The zero-order valence-electron chi connectivity index (χ0n) is 9.96. The van der Waals surface area contributed by atoms with Gasteiger partial charge in [0.05, 0.1) is 5.69 Å². The van der Waals surface area contributed by atoms with E-state index in [1.807, 2.05) is 6.92 Å². The molecule has 0 bridgehead atoms. The average Bonchev–Trinajstić information content (AvgIpc) is 2.27. The van der Waals surface area contributed by atoms with Gasteiger partial charge in [-0.2, -0.15) is 0 Å². The lowest BCUT2D eigenvalue weighted by Gasteiger charge is -2.09. The van der Waals surface area contributed by atoms with Crippen molar-refractivity contribution in [3.8, 4) is 0 Å². The minimum atomic E-state index is -3.80. The van der Waals surface area contributed by atoms with E-state index in [1.54, 1.807) is 12.1 Å². The molecule has 0 saturated carbocycles. The number of hydrogen-bond acceptors (Lipinski definition) is 5. The van der Waals surface area contributed by atoms with Crippen LogP contribution in [0.4, 0.5) is 11.5 Å². The first-order valence-corrected chi connectivity index (χ1v) is 7.11. The summed E-state index contributed by atoms with van der Waals surface area (Å²) in [5.41, 5.74) is 6.76. The van der Waals surface area contributed by atoms with Crippen LogP contribution in [0.25, 0.3) is 0 Å². The molecule has 1 aromatic heterocycles. The second-order valence-corrected chi connectivity index (χ2v) is 5.91. The van der Waals surface area contributed by atoms with E-state index in [4.69, 9.17) is 17.3 Å². The summed E-state index contributed by atoms with van der Waals surface area (Å²) in [7, 11) is -3.80. The van der Waals surface area contributed by atoms with Crippen LogP contribution in [-0.2, 0) is 10.0 Å². The van der Waals surface area contributed by atoms with Crippen molar-refractivity contribution < 1.29 is 8.42 Å². The standard InChI is InChI=1S/C11H11ClN4O2S/c1-7-2-3-9(8(13)4-7)19(17,18)16-11-5-10(12)14-6-15-11/h2-6H,13H2,1H3,(H,14,15,16). The minimum Gasteiger partial charge on any atom is -0.398 e. The van der Waals surface area contributed by atoms with Crippen molar-refractivity contribution in [2.75, 3.05) is 10.5 Å². The van der Waals surface area contributed by atoms with E-state index >= 15 is 0 Å². The Balaban J connectivity index is 2.38. The van der Waals surface area contributed by atoms with Crippen LogP contribution >= 0.6 is 11.6 Å². The highest BCUT2D eigenvalue weighted by molar-refractivity contribution is 7.92. The molecule has 0 unspecified atom stereocenters. The number of nitrogens with two attached hydrogens (primary N) is 1. The lowest BCUT2D eigenvalue weighted by Crippen LogP contribution is -2.15. The summed E-state index contributed by atoms with van der Waals surface area (Å²) in [5, 5.41) is 0.143. The Labute approximate surface area is 115 Å². The van der Waals surface area contributed by atoms with Crippen LogP contribution in [0.15, 0.2) is 35.5 Å². The van der Waals surface area contributed by atoms with Gasteiger partial charge in [0.2, 0.25) is 0 Å². The number of aromatic nitrogens is 2. The van der Waals surface area contributed by atoms with Crippen molar-refractivity contribution >= 4 is 33.1 Å². The van der Waals surface area contributed by atoms with Crippen LogP contribution in [0, 0.1) is 6.92 Å². The van der Waals surface area contributed by atoms with Crippen LogP contribution in [0.2, 0.25) is 5.15 Å². The SMILES string of the molecule is Cc1ccc(S(=O)(=O)Nc2cc(Cl)ncn2)c(N)c1. The van der Waals surface area contributed by atoms with Gasteiger partial charge >= 0.3 is 0 Å². The molecular weight excluding hydrogens is 288 g/mol. The third-order valence-corrected chi connectivity index (χ3v) is 3.96. The van der Waals surface area contributed by atoms with Crippen LogP contribution < -0.4 is 10.5 Å². The highest BCUT2D eigenvalue weighted by Crippen LogP contribution is 2.22. The normalized spacial score (nSPS) is 11.3. The van der Waals surface area contributed by atoms with Gasteiger partial charge in [-0.25, -0.2) is 18.4 Å². The number of hydrogen-bond donors (Lipinski definition) is 2. The molecule has 1 aromatic carbocycles. The topological polar surface area (TPSA) is 98.0 Å². The summed E-state index contributed by atoms with van der Waals surface area (Å²) < 4.78 is 26.6. The van der Waals surface area contributed by atoms with Gasteiger partial charge in [0.15, 0.2) is 0 Å². The molecule has 0 spiro atoms. The lowest BCUT2D eigenvalue weighted by atomic mass is 10.2. The summed E-state index contributed by atoms with van der Waals surface area (Å²) >= 11 is 5.66. The first-order chi connectivity index (χ1) is 8.88. The van der Waals surface area contributed by atoms with E-state index < -0.39 is 10.0 Å². The molecule has 0 saturated heterocycles. The highest BCUT2D eigenvalue weighted by Gasteiger charge is 2.18. The second kappa shape index (κ2) is 5.02. The molecule has 0 atom stereocenters. The maximum atomic E-state index is 12.2. The van der Waals surface area contributed by atoms with Gasteiger partial charge in [0.25, 0.3) is 10.0 Å². The summed E-state index contributed by atoms with van der Waals surface area (Å²) in [5.74, 6) is 0.0833. The molecule has 19 heavy (non-hydrogen) atoms. The number of benzene rings is 1. The maximum Gasteiger partial charge on any atom is 0.265 e. The van der Waals surface area contributed by atoms with Crippen LogP contribution in [-0.4, -0.2) is 18.4 Å². The number of nitrogens with zero attached hydrogens (tertiary/aromatic N) is 2. The maximum absolute atomic E-state index is 12.2. The zero-order chi connectivity index (χ0) is 14.0. The predicted molar refractivity (Wildman–Crippen MR) is 73.4 cm³/mol. The number of aryl methyl sites for hydroxylation is 1. The average molecular weight is 299 g/mol. The van der Waals surface area contributed by atoms with Gasteiger partial charge in [-0.1, -0.05) is 17.7 Å². The first kappa shape index (κ1) is 13.6. The molecule has 100 valence electrons. The Morgan fingerprint density at radius 1 is 1.26 bits per heavy atom. The van der Waals surface area contributed by atoms with Crippen LogP contribution in [0.3, 0.4) is 0 Å². The number of nitrogen functional groups attached to an aromatic ring is 1. The van der Waals surface area contributed by atoms with E-state index in [2.05, 4.69) is 14.7 Å². The van der Waals surface area contributed by atoms with Crippen LogP contribution in [0.5, 0.6) is 0 Å². The fourth-order valence-electron chi connectivity index (χ4n) is 1.49. The third-order valence-electron chi connectivity index (χ3n) is 2.33. The number of sulfonamides is 1. The van der Waals surface area contributed by atoms with E-state index in [9.17, 15) is 8.42 Å². The van der Waals surface area contributed by atoms with Gasteiger partial charge in [-0.3, -0.25) is 4.72 Å². The Morgan fingerprint density at radius 3 is 2.63 bits per heavy atom. The van der Waals surface area contributed by atoms with Crippen molar-refractivity contribution in [1.29, 1.82) is 0 Å². The molecule has 6 nitrogen and oxygen atoms in total. The highest BCUT2D eigenvalue weighted by atomic mass is 35.5. The molecule has 2 rings (SSSR count). The fourth-order valence-corrected chi connectivity index (χ4v) is 2.75. The molecule has 0 aliphatic heterocycles. The van der Waals surface area contributed by atoms with E-state index in [1.165, 1.54) is 18.5 Å². The van der Waals surface area contributed by atoms with E-state index in [0.29, 0.717) is 0 Å². The minimum absolute atomic E-state index is 0.00663. The van der Waals surface area contributed by atoms with Gasteiger partial charge < -0.3 is 5.73 Å². The number of rotatable bonds is 3. The Kier molecular flexibility index (Phi) is 3.59. The third kappa shape index (κ3) is 3.12. The molecule has 0 fully saturated rings. The molecule has 1 heterocycles. The molecule has 0 radical (unpaired) electrons. The largest absolute Gasteiger partial charge is 0.398 e.